The lowest BCUT2D eigenvalue weighted by Gasteiger charge is -2.14. The van der Waals surface area contributed by atoms with Crippen LogP contribution in [-0.4, -0.2) is 6.71 Å². The molecule has 0 saturated heterocycles. The molecule has 1 aromatic rings. The van der Waals surface area contributed by atoms with Gasteiger partial charge in [-0.3, -0.25) is 0 Å². The first-order valence-corrected chi connectivity index (χ1v) is 4.81. The van der Waals surface area contributed by atoms with Crippen molar-refractivity contribution in [1.82, 2.24) is 0 Å². The number of hydrogen-bond donors (Lipinski definition) is 0. The summed E-state index contributed by atoms with van der Waals surface area (Å²) in [4.78, 5) is 0. The van der Waals surface area contributed by atoms with E-state index in [-0.39, 0.29) is 11.5 Å². The van der Waals surface area contributed by atoms with Crippen molar-refractivity contribution in [2.24, 2.45) is 0 Å². The molecule has 0 fully saturated rings. The van der Waals surface area contributed by atoms with Crippen molar-refractivity contribution in [1.29, 1.82) is 0 Å². The Bertz CT molecular complexity index is 372. The summed E-state index contributed by atoms with van der Waals surface area (Å²) in [6.45, 7) is 2.67. The second kappa shape index (κ2) is 4.27. The highest BCUT2D eigenvalue weighted by Gasteiger charge is 2.37. The second-order valence-electron chi connectivity index (χ2n) is 3.99. The van der Waals surface area contributed by atoms with Crippen molar-refractivity contribution in [2.45, 2.75) is 26.0 Å². The standard InChI is InChI=1S/C10H9BF6/c1-11(2)8-4-6(9(12,13)14)3-7(5-8)10(15,16)17/h3-5H,1-2H3. The van der Waals surface area contributed by atoms with Gasteiger partial charge in [0.1, 0.15) is 0 Å². The van der Waals surface area contributed by atoms with Crippen LogP contribution in [0.15, 0.2) is 18.2 Å². The Kier molecular flexibility index (Phi) is 3.50. The first-order valence-electron chi connectivity index (χ1n) is 4.81. The molecule has 0 nitrogen and oxygen atoms in total. The molecule has 0 aliphatic rings. The van der Waals surface area contributed by atoms with E-state index in [0.717, 1.165) is 12.1 Å². The molecule has 0 spiro atoms. The van der Waals surface area contributed by atoms with Gasteiger partial charge in [-0.05, 0) is 6.07 Å². The Balaban J connectivity index is 3.40. The molecule has 0 bridgehead atoms. The van der Waals surface area contributed by atoms with Gasteiger partial charge in [0.25, 0.3) is 0 Å². The normalized spacial score (nSPS) is 12.7. The third-order valence-electron chi connectivity index (χ3n) is 2.28. The fourth-order valence-corrected chi connectivity index (χ4v) is 1.31. The molecule has 0 amide bonds. The van der Waals surface area contributed by atoms with Crippen LogP contribution in [-0.2, 0) is 12.4 Å². The monoisotopic (exact) mass is 254 g/mol. The van der Waals surface area contributed by atoms with Gasteiger partial charge in [-0.25, -0.2) is 0 Å². The maximum Gasteiger partial charge on any atom is 0.416 e. The molecule has 7 heteroatoms. The third-order valence-corrected chi connectivity index (χ3v) is 2.28. The van der Waals surface area contributed by atoms with Crippen molar-refractivity contribution in [2.75, 3.05) is 0 Å². The summed E-state index contributed by atoms with van der Waals surface area (Å²) in [6.07, 6.45) is -9.55. The van der Waals surface area contributed by atoms with Crippen LogP contribution in [0.2, 0.25) is 13.6 Å². The molecule has 94 valence electrons. The van der Waals surface area contributed by atoms with E-state index in [9.17, 15) is 26.3 Å². The molecule has 0 aromatic heterocycles. The van der Waals surface area contributed by atoms with Crippen molar-refractivity contribution < 1.29 is 26.3 Å². The number of alkyl halides is 6. The van der Waals surface area contributed by atoms with Gasteiger partial charge in [0.2, 0.25) is 0 Å². The highest BCUT2D eigenvalue weighted by Crippen LogP contribution is 2.34. The maximum absolute atomic E-state index is 12.4. The maximum atomic E-state index is 12.4. The van der Waals surface area contributed by atoms with Gasteiger partial charge in [-0.2, -0.15) is 26.3 Å². The zero-order valence-electron chi connectivity index (χ0n) is 9.08. The Morgan fingerprint density at radius 3 is 1.35 bits per heavy atom. The summed E-state index contributed by atoms with van der Waals surface area (Å²) in [5.74, 6) is 0. The summed E-state index contributed by atoms with van der Waals surface area (Å²) in [5.41, 5.74) is -2.51. The summed E-state index contributed by atoms with van der Waals surface area (Å²) in [5, 5.41) is 0. The lowest BCUT2D eigenvalue weighted by atomic mass is 9.49. The van der Waals surface area contributed by atoms with E-state index in [0.29, 0.717) is 0 Å². The van der Waals surface area contributed by atoms with Crippen LogP contribution in [0, 0.1) is 0 Å². The average molecular weight is 254 g/mol. The molecule has 0 N–H and O–H groups in total. The topological polar surface area (TPSA) is 0 Å². The number of benzene rings is 1. The lowest BCUT2D eigenvalue weighted by molar-refractivity contribution is -0.142. The fraction of sp³-hybridized carbons (Fsp3) is 0.400. The predicted molar refractivity (Wildman–Crippen MR) is 53.6 cm³/mol. The van der Waals surface area contributed by atoms with E-state index in [1.165, 1.54) is 13.6 Å². The van der Waals surface area contributed by atoms with Crippen molar-refractivity contribution >= 4 is 12.2 Å². The van der Waals surface area contributed by atoms with Gasteiger partial charge in [-0.15, -0.1) is 0 Å². The predicted octanol–water partition coefficient (Wildman–Crippen LogP) is 3.69. The van der Waals surface area contributed by atoms with Crippen molar-refractivity contribution in [3.8, 4) is 0 Å². The highest BCUT2D eigenvalue weighted by atomic mass is 19.4. The molecule has 1 rings (SSSR count). The van der Waals surface area contributed by atoms with Gasteiger partial charge in [0.05, 0.1) is 11.1 Å². The molecule has 0 aliphatic carbocycles. The zero-order chi connectivity index (χ0) is 13.4. The van der Waals surface area contributed by atoms with E-state index in [1.807, 2.05) is 0 Å². The first-order chi connectivity index (χ1) is 7.51. The lowest BCUT2D eigenvalue weighted by Crippen LogP contribution is -2.26. The molecule has 0 heterocycles. The zero-order valence-corrected chi connectivity index (χ0v) is 9.08. The molecular formula is C10H9BF6. The summed E-state index contributed by atoms with van der Waals surface area (Å²) >= 11 is 0. The van der Waals surface area contributed by atoms with E-state index >= 15 is 0 Å². The van der Waals surface area contributed by atoms with E-state index in [4.69, 9.17) is 0 Å². The average Bonchev–Trinajstić information content (AvgIpc) is 2.14. The van der Waals surface area contributed by atoms with Crippen LogP contribution in [0.3, 0.4) is 0 Å². The highest BCUT2D eigenvalue weighted by molar-refractivity contribution is 6.70. The van der Waals surface area contributed by atoms with Crippen LogP contribution in [0.5, 0.6) is 0 Å². The number of rotatable bonds is 1. The molecule has 17 heavy (non-hydrogen) atoms. The summed E-state index contributed by atoms with van der Waals surface area (Å²) in [7, 11) is 0. The second-order valence-corrected chi connectivity index (χ2v) is 3.99. The van der Waals surface area contributed by atoms with Gasteiger partial charge in [-0.1, -0.05) is 31.2 Å². The Labute approximate surface area is 94.7 Å². The molecule has 1 aromatic carbocycles. The van der Waals surface area contributed by atoms with Crippen LogP contribution in [0.1, 0.15) is 11.1 Å². The molecule has 0 atom stereocenters. The van der Waals surface area contributed by atoms with Gasteiger partial charge < -0.3 is 0 Å². The van der Waals surface area contributed by atoms with Crippen LogP contribution < -0.4 is 5.46 Å². The number of halogens is 6. The smallest absolute Gasteiger partial charge is 0.166 e. The molecule has 0 radical (unpaired) electrons. The SMILES string of the molecule is CB(C)c1cc(C(F)(F)F)cc(C(F)(F)F)c1. The Hall–Kier alpha value is -1.14. The van der Waals surface area contributed by atoms with Crippen LogP contribution >= 0.6 is 0 Å². The minimum absolute atomic E-state index is 0.0205. The molecular weight excluding hydrogens is 245 g/mol. The van der Waals surface area contributed by atoms with Crippen molar-refractivity contribution in [3.05, 3.63) is 29.3 Å². The number of hydrogen-bond acceptors (Lipinski definition) is 0. The fourth-order valence-electron chi connectivity index (χ4n) is 1.31. The summed E-state index contributed by atoms with van der Waals surface area (Å²) < 4.78 is 74.6. The minimum atomic E-state index is -4.77. The Morgan fingerprint density at radius 2 is 1.12 bits per heavy atom. The first kappa shape index (κ1) is 13.9. The van der Waals surface area contributed by atoms with E-state index < -0.39 is 30.2 Å². The third kappa shape index (κ3) is 3.41. The quantitative estimate of drug-likeness (QED) is 0.529. The van der Waals surface area contributed by atoms with E-state index in [2.05, 4.69) is 0 Å². The summed E-state index contributed by atoms with van der Waals surface area (Å²) in [6, 6.07) is 1.63. The van der Waals surface area contributed by atoms with Gasteiger partial charge >= 0.3 is 12.4 Å². The van der Waals surface area contributed by atoms with Crippen LogP contribution in [0.4, 0.5) is 26.3 Å². The molecule has 0 unspecified atom stereocenters. The van der Waals surface area contributed by atoms with Gasteiger partial charge in [0, 0.05) is 0 Å². The Morgan fingerprint density at radius 1 is 0.765 bits per heavy atom. The minimum Gasteiger partial charge on any atom is -0.166 e. The largest absolute Gasteiger partial charge is 0.416 e. The van der Waals surface area contributed by atoms with E-state index in [1.54, 1.807) is 0 Å². The molecule has 0 saturated carbocycles. The van der Waals surface area contributed by atoms with Gasteiger partial charge in [0.15, 0.2) is 6.71 Å². The molecule has 0 aliphatic heterocycles. The van der Waals surface area contributed by atoms with Crippen LogP contribution in [0.25, 0.3) is 0 Å². The van der Waals surface area contributed by atoms with Crippen molar-refractivity contribution in [3.63, 3.8) is 0 Å².